The zero-order valence-electron chi connectivity index (χ0n) is 9.28. The minimum Gasteiger partial charge on any atom is -0.373 e. The molecule has 0 bridgehead atoms. The quantitative estimate of drug-likeness (QED) is 0.790. The van der Waals surface area contributed by atoms with E-state index in [1.807, 2.05) is 20.2 Å². The molecule has 0 aliphatic carbocycles. The molecular formula is C10H18N4. The Labute approximate surface area is 85.4 Å². The molecular weight excluding hydrogens is 176 g/mol. The summed E-state index contributed by atoms with van der Waals surface area (Å²) < 4.78 is 0. The number of nitrogens with one attached hydrogen (secondary N) is 1. The molecule has 0 unspecified atom stereocenters. The van der Waals surface area contributed by atoms with Crippen LogP contribution in [0, 0.1) is 5.92 Å². The summed E-state index contributed by atoms with van der Waals surface area (Å²) in [5.41, 5.74) is 0. The van der Waals surface area contributed by atoms with Gasteiger partial charge in [0.15, 0.2) is 0 Å². The molecule has 4 heteroatoms. The fourth-order valence-corrected chi connectivity index (χ4v) is 1.33. The van der Waals surface area contributed by atoms with Crippen molar-refractivity contribution in [2.75, 3.05) is 30.9 Å². The number of hydrogen-bond acceptors (Lipinski definition) is 4. The van der Waals surface area contributed by atoms with Crippen LogP contribution in [-0.4, -0.2) is 30.6 Å². The van der Waals surface area contributed by atoms with Crippen molar-refractivity contribution in [2.24, 2.45) is 5.92 Å². The van der Waals surface area contributed by atoms with Gasteiger partial charge in [-0.15, -0.1) is 0 Å². The molecule has 4 nitrogen and oxygen atoms in total. The maximum absolute atomic E-state index is 4.22. The summed E-state index contributed by atoms with van der Waals surface area (Å²) in [5.74, 6) is 2.44. The lowest BCUT2D eigenvalue weighted by molar-refractivity contribution is 0.634. The average molecular weight is 194 g/mol. The van der Waals surface area contributed by atoms with Crippen LogP contribution in [-0.2, 0) is 0 Å². The third-order valence-corrected chi connectivity index (χ3v) is 1.94. The Kier molecular flexibility index (Phi) is 3.68. The van der Waals surface area contributed by atoms with E-state index in [1.165, 1.54) is 0 Å². The highest BCUT2D eigenvalue weighted by molar-refractivity contribution is 5.47. The Balaban J connectivity index is 2.73. The van der Waals surface area contributed by atoms with Gasteiger partial charge in [0.1, 0.15) is 18.0 Å². The fourth-order valence-electron chi connectivity index (χ4n) is 1.33. The SMILES string of the molecule is CNc1cc(N(C)CC(C)C)ncn1. The highest BCUT2D eigenvalue weighted by atomic mass is 15.2. The second kappa shape index (κ2) is 4.79. The minimum atomic E-state index is 0.632. The number of hydrogen-bond donors (Lipinski definition) is 1. The Bertz CT molecular complexity index is 285. The van der Waals surface area contributed by atoms with Gasteiger partial charge in [0, 0.05) is 26.7 Å². The van der Waals surface area contributed by atoms with Crippen LogP contribution in [0.5, 0.6) is 0 Å². The smallest absolute Gasteiger partial charge is 0.133 e. The van der Waals surface area contributed by atoms with Crippen molar-refractivity contribution in [3.63, 3.8) is 0 Å². The van der Waals surface area contributed by atoms with Crippen LogP contribution in [0.15, 0.2) is 12.4 Å². The van der Waals surface area contributed by atoms with E-state index < -0.39 is 0 Å². The molecule has 0 spiro atoms. The molecule has 1 rings (SSSR count). The van der Waals surface area contributed by atoms with Gasteiger partial charge in [0.05, 0.1) is 0 Å². The molecule has 0 amide bonds. The fraction of sp³-hybridized carbons (Fsp3) is 0.600. The van der Waals surface area contributed by atoms with Gasteiger partial charge >= 0.3 is 0 Å². The molecule has 1 aromatic heterocycles. The molecule has 0 saturated carbocycles. The molecule has 1 heterocycles. The lowest BCUT2D eigenvalue weighted by atomic mass is 10.2. The maximum atomic E-state index is 4.22. The van der Waals surface area contributed by atoms with Crippen molar-refractivity contribution in [2.45, 2.75) is 13.8 Å². The highest BCUT2D eigenvalue weighted by Crippen LogP contribution is 2.13. The van der Waals surface area contributed by atoms with E-state index in [4.69, 9.17) is 0 Å². The largest absolute Gasteiger partial charge is 0.373 e. The molecule has 0 aromatic carbocycles. The molecule has 0 saturated heterocycles. The van der Waals surface area contributed by atoms with Crippen LogP contribution in [0.25, 0.3) is 0 Å². The first-order chi connectivity index (χ1) is 6.63. The third-order valence-electron chi connectivity index (χ3n) is 1.94. The van der Waals surface area contributed by atoms with Gasteiger partial charge in [-0.1, -0.05) is 13.8 Å². The van der Waals surface area contributed by atoms with Crippen LogP contribution in [0.1, 0.15) is 13.8 Å². The second-order valence-electron chi connectivity index (χ2n) is 3.79. The molecule has 78 valence electrons. The zero-order chi connectivity index (χ0) is 10.6. The molecule has 1 aromatic rings. The van der Waals surface area contributed by atoms with Crippen molar-refractivity contribution in [3.05, 3.63) is 12.4 Å². The zero-order valence-corrected chi connectivity index (χ0v) is 9.28. The number of aromatic nitrogens is 2. The van der Waals surface area contributed by atoms with Crippen LogP contribution in [0.3, 0.4) is 0 Å². The summed E-state index contributed by atoms with van der Waals surface area (Å²) >= 11 is 0. The first kappa shape index (κ1) is 10.8. The molecule has 0 radical (unpaired) electrons. The summed E-state index contributed by atoms with van der Waals surface area (Å²) in [4.78, 5) is 10.4. The van der Waals surface area contributed by atoms with Gasteiger partial charge < -0.3 is 10.2 Å². The molecule has 0 aliphatic rings. The van der Waals surface area contributed by atoms with E-state index in [1.54, 1.807) is 6.33 Å². The van der Waals surface area contributed by atoms with Crippen molar-refractivity contribution in [1.29, 1.82) is 0 Å². The summed E-state index contributed by atoms with van der Waals surface area (Å²) in [7, 11) is 3.90. The third kappa shape index (κ3) is 2.87. The summed E-state index contributed by atoms with van der Waals surface area (Å²) in [6.07, 6.45) is 1.58. The summed E-state index contributed by atoms with van der Waals surface area (Å²) in [6, 6.07) is 1.95. The number of anilines is 2. The van der Waals surface area contributed by atoms with Crippen LogP contribution in [0.2, 0.25) is 0 Å². The first-order valence-corrected chi connectivity index (χ1v) is 4.84. The topological polar surface area (TPSA) is 41.0 Å². The van der Waals surface area contributed by atoms with Gasteiger partial charge in [-0.2, -0.15) is 0 Å². The van der Waals surface area contributed by atoms with Crippen LogP contribution < -0.4 is 10.2 Å². The predicted molar refractivity (Wildman–Crippen MR) is 59.7 cm³/mol. The van der Waals surface area contributed by atoms with Crippen molar-refractivity contribution in [3.8, 4) is 0 Å². The molecule has 1 N–H and O–H groups in total. The molecule has 0 aliphatic heterocycles. The van der Waals surface area contributed by atoms with Crippen molar-refractivity contribution >= 4 is 11.6 Å². The van der Waals surface area contributed by atoms with E-state index in [0.717, 1.165) is 18.2 Å². The molecule has 14 heavy (non-hydrogen) atoms. The first-order valence-electron chi connectivity index (χ1n) is 4.84. The maximum Gasteiger partial charge on any atom is 0.133 e. The highest BCUT2D eigenvalue weighted by Gasteiger charge is 2.05. The Morgan fingerprint density at radius 2 is 2.14 bits per heavy atom. The normalized spacial score (nSPS) is 10.4. The van der Waals surface area contributed by atoms with E-state index in [0.29, 0.717) is 5.92 Å². The number of nitrogens with zero attached hydrogens (tertiary/aromatic N) is 3. The second-order valence-corrected chi connectivity index (χ2v) is 3.79. The van der Waals surface area contributed by atoms with Crippen LogP contribution in [0.4, 0.5) is 11.6 Å². The van der Waals surface area contributed by atoms with Crippen molar-refractivity contribution in [1.82, 2.24) is 9.97 Å². The van der Waals surface area contributed by atoms with Gasteiger partial charge in [0.2, 0.25) is 0 Å². The van der Waals surface area contributed by atoms with Crippen LogP contribution >= 0.6 is 0 Å². The molecule has 0 atom stereocenters. The Hall–Kier alpha value is -1.32. The Morgan fingerprint density at radius 3 is 2.71 bits per heavy atom. The van der Waals surface area contributed by atoms with Gasteiger partial charge in [-0.05, 0) is 5.92 Å². The summed E-state index contributed by atoms with van der Waals surface area (Å²) in [5, 5.41) is 3.00. The van der Waals surface area contributed by atoms with E-state index in [2.05, 4.69) is 34.0 Å². The van der Waals surface area contributed by atoms with Gasteiger partial charge in [-0.25, -0.2) is 9.97 Å². The monoisotopic (exact) mass is 194 g/mol. The lowest BCUT2D eigenvalue weighted by Crippen LogP contribution is -2.23. The predicted octanol–water partition coefficient (Wildman–Crippen LogP) is 1.61. The lowest BCUT2D eigenvalue weighted by Gasteiger charge is -2.20. The van der Waals surface area contributed by atoms with E-state index in [9.17, 15) is 0 Å². The average Bonchev–Trinajstić information content (AvgIpc) is 2.17. The Morgan fingerprint density at radius 1 is 1.43 bits per heavy atom. The minimum absolute atomic E-state index is 0.632. The van der Waals surface area contributed by atoms with Gasteiger partial charge in [0.25, 0.3) is 0 Å². The van der Waals surface area contributed by atoms with Crippen molar-refractivity contribution < 1.29 is 0 Å². The van der Waals surface area contributed by atoms with E-state index >= 15 is 0 Å². The van der Waals surface area contributed by atoms with Gasteiger partial charge in [-0.3, -0.25) is 0 Å². The molecule has 0 fully saturated rings. The summed E-state index contributed by atoms with van der Waals surface area (Å²) in [6.45, 7) is 5.38. The number of rotatable bonds is 4. The standard InChI is InChI=1S/C10H18N4/c1-8(2)6-14(4)10-5-9(11-3)12-7-13-10/h5,7-8H,6H2,1-4H3,(H,11,12,13). The van der Waals surface area contributed by atoms with E-state index in [-0.39, 0.29) is 0 Å².